The van der Waals surface area contributed by atoms with Gasteiger partial charge in [-0.15, -0.1) is 0 Å². The van der Waals surface area contributed by atoms with E-state index in [9.17, 15) is 0 Å². The van der Waals surface area contributed by atoms with Crippen molar-refractivity contribution >= 4 is 0 Å². The zero-order chi connectivity index (χ0) is 7.11. The van der Waals surface area contributed by atoms with Gasteiger partial charge in [0.2, 0.25) is 0 Å². The topological polar surface area (TPSA) is 44.0 Å². The monoisotopic (exact) mass is 127 g/mol. The van der Waals surface area contributed by atoms with Crippen LogP contribution in [0.5, 0.6) is 0 Å². The van der Waals surface area contributed by atoms with E-state index in [-0.39, 0.29) is 12.5 Å². The molecule has 0 aliphatic heterocycles. The molecule has 52 valence electrons. The van der Waals surface area contributed by atoms with Crippen molar-refractivity contribution in [1.29, 1.82) is 5.26 Å². The second kappa shape index (κ2) is 5.58. The van der Waals surface area contributed by atoms with Gasteiger partial charge in [0, 0.05) is 13.0 Å². The Hall–Kier alpha value is -0.550. The fourth-order valence-corrected chi connectivity index (χ4v) is 0.795. The molecule has 0 saturated carbocycles. The van der Waals surface area contributed by atoms with E-state index in [1.807, 2.05) is 6.07 Å². The zero-order valence-corrected chi connectivity index (χ0v) is 5.80. The van der Waals surface area contributed by atoms with Crippen molar-refractivity contribution < 1.29 is 5.11 Å². The van der Waals surface area contributed by atoms with E-state index in [2.05, 4.69) is 6.92 Å². The molecule has 9 heavy (non-hydrogen) atoms. The second-order valence-electron chi connectivity index (χ2n) is 2.20. The molecule has 0 amide bonds. The van der Waals surface area contributed by atoms with Crippen LogP contribution in [0.25, 0.3) is 0 Å². The third-order valence-electron chi connectivity index (χ3n) is 1.34. The highest BCUT2D eigenvalue weighted by atomic mass is 16.3. The maximum atomic E-state index is 8.64. The largest absolute Gasteiger partial charge is 0.396 e. The summed E-state index contributed by atoms with van der Waals surface area (Å²) in [5.41, 5.74) is 0. The SMILES string of the molecule is CCC[C@@H](CO)CC#N. The minimum Gasteiger partial charge on any atom is -0.396 e. The molecular weight excluding hydrogens is 114 g/mol. The highest BCUT2D eigenvalue weighted by Gasteiger charge is 2.03. The molecule has 0 aliphatic carbocycles. The smallest absolute Gasteiger partial charge is 0.0625 e. The summed E-state index contributed by atoms with van der Waals surface area (Å²) in [4.78, 5) is 0. The molecule has 0 saturated heterocycles. The summed E-state index contributed by atoms with van der Waals surface area (Å²) in [6.45, 7) is 2.21. The van der Waals surface area contributed by atoms with Crippen LogP contribution in [-0.2, 0) is 0 Å². The molecule has 0 aromatic heterocycles. The Balaban J connectivity index is 3.32. The molecule has 1 atom stereocenters. The van der Waals surface area contributed by atoms with Crippen molar-refractivity contribution in [1.82, 2.24) is 0 Å². The van der Waals surface area contributed by atoms with Crippen LogP contribution in [0.15, 0.2) is 0 Å². The normalized spacial score (nSPS) is 12.6. The van der Waals surface area contributed by atoms with Gasteiger partial charge in [-0.3, -0.25) is 0 Å². The quantitative estimate of drug-likeness (QED) is 0.618. The molecule has 0 rings (SSSR count). The Kier molecular flexibility index (Phi) is 5.24. The lowest BCUT2D eigenvalue weighted by molar-refractivity contribution is 0.220. The van der Waals surface area contributed by atoms with Crippen LogP contribution in [0.4, 0.5) is 0 Å². The lowest BCUT2D eigenvalue weighted by Crippen LogP contribution is -2.03. The molecule has 0 fully saturated rings. The van der Waals surface area contributed by atoms with Gasteiger partial charge in [0.25, 0.3) is 0 Å². The molecule has 0 aliphatic rings. The van der Waals surface area contributed by atoms with Gasteiger partial charge in [-0.25, -0.2) is 0 Å². The van der Waals surface area contributed by atoms with Crippen LogP contribution in [0, 0.1) is 17.2 Å². The van der Waals surface area contributed by atoms with Gasteiger partial charge in [-0.2, -0.15) is 5.26 Å². The van der Waals surface area contributed by atoms with E-state index >= 15 is 0 Å². The van der Waals surface area contributed by atoms with E-state index in [1.165, 1.54) is 0 Å². The highest BCUT2D eigenvalue weighted by molar-refractivity contribution is 4.74. The van der Waals surface area contributed by atoms with Crippen LogP contribution in [0.3, 0.4) is 0 Å². The first-order valence-corrected chi connectivity index (χ1v) is 3.33. The summed E-state index contributed by atoms with van der Waals surface area (Å²) in [7, 11) is 0. The second-order valence-corrected chi connectivity index (χ2v) is 2.20. The summed E-state index contributed by atoms with van der Waals surface area (Å²) in [6.07, 6.45) is 2.50. The Morgan fingerprint density at radius 1 is 1.67 bits per heavy atom. The van der Waals surface area contributed by atoms with E-state index in [4.69, 9.17) is 10.4 Å². The van der Waals surface area contributed by atoms with Gasteiger partial charge in [-0.05, 0) is 12.3 Å². The number of hydrogen-bond donors (Lipinski definition) is 1. The van der Waals surface area contributed by atoms with Crippen molar-refractivity contribution in [2.45, 2.75) is 26.2 Å². The van der Waals surface area contributed by atoms with Crippen molar-refractivity contribution in [3.63, 3.8) is 0 Å². The lowest BCUT2D eigenvalue weighted by atomic mass is 10.0. The summed E-state index contributed by atoms with van der Waals surface area (Å²) in [5, 5.41) is 16.9. The third-order valence-corrected chi connectivity index (χ3v) is 1.34. The fraction of sp³-hybridized carbons (Fsp3) is 0.857. The van der Waals surface area contributed by atoms with Crippen LogP contribution in [-0.4, -0.2) is 11.7 Å². The number of nitriles is 1. The van der Waals surface area contributed by atoms with Gasteiger partial charge >= 0.3 is 0 Å². The Bertz CT molecular complexity index is 95.6. The van der Waals surface area contributed by atoms with E-state index in [1.54, 1.807) is 0 Å². The predicted octanol–water partition coefficient (Wildman–Crippen LogP) is 1.31. The van der Waals surface area contributed by atoms with Crippen molar-refractivity contribution in [3.8, 4) is 6.07 Å². The van der Waals surface area contributed by atoms with Gasteiger partial charge in [-0.1, -0.05) is 13.3 Å². The minimum atomic E-state index is 0.154. The number of aliphatic hydroxyl groups is 1. The number of rotatable bonds is 4. The number of nitrogens with zero attached hydrogens (tertiary/aromatic N) is 1. The summed E-state index contributed by atoms with van der Waals surface area (Å²) >= 11 is 0. The van der Waals surface area contributed by atoms with Crippen molar-refractivity contribution in [3.05, 3.63) is 0 Å². The average Bonchev–Trinajstić information content (AvgIpc) is 1.88. The van der Waals surface area contributed by atoms with Crippen LogP contribution < -0.4 is 0 Å². The lowest BCUT2D eigenvalue weighted by Gasteiger charge is -2.05. The summed E-state index contributed by atoms with van der Waals surface area (Å²) in [6, 6.07) is 2.04. The Labute approximate surface area is 56.1 Å². The minimum absolute atomic E-state index is 0.154. The molecule has 2 nitrogen and oxygen atoms in total. The molecule has 0 radical (unpaired) electrons. The first-order valence-electron chi connectivity index (χ1n) is 3.33. The maximum absolute atomic E-state index is 8.64. The molecular formula is C7H13NO. The molecule has 0 bridgehead atoms. The molecule has 0 aromatic rings. The molecule has 0 heterocycles. The molecule has 1 N–H and O–H groups in total. The van der Waals surface area contributed by atoms with Gasteiger partial charge < -0.3 is 5.11 Å². The zero-order valence-electron chi connectivity index (χ0n) is 5.80. The molecule has 2 heteroatoms. The van der Waals surface area contributed by atoms with Crippen LogP contribution in [0.2, 0.25) is 0 Å². The summed E-state index contributed by atoms with van der Waals surface area (Å²) in [5.74, 6) is 0.208. The number of aliphatic hydroxyl groups excluding tert-OH is 1. The van der Waals surface area contributed by atoms with Crippen LogP contribution >= 0.6 is 0 Å². The van der Waals surface area contributed by atoms with E-state index in [0.717, 1.165) is 12.8 Å². The fourth-order valence-electron chi connectivity index (χ4n) is 0.795. The highest BCUT2D eigenvalue weighted by Crippen LogP contribution is 2.08. The Morgan fingerprint density at radius 2 is 2.33 bits per heavy atom. The standard InChI is InChI=1S/C7H13NO/c1-2-3-7(6-9)4-5-8/h7,9H,2-4,6H2,1H3/t7-/m1/s1. The molecule has 0 spiro atoms. The van der Waals surface area contributed by atoms with Crippen LogP contribution in [0.1, 0.15) is 26.2 Å². The Morgan fingerprint density at radius 3 is 2.67 bits per heavy atom. The number of hydrogen-bond acceptors (Lipinski definition) is 2. The van der Waals surface area contributed by atoms with E-state index < -0.39 is 0 Å². The third kappa shape index (κ3) is 3.99. The van der Waals surface area contributed by atoms with Gasteiger partial charge in [0.05, 0.1) is 6.07 Å². The van der Waals surface area contributed by atoms with Crippen molar-refractivity contribution in [2.24, 2.45) is 5.92 Å². The van der Waals surface area contributed by atoms with Crippen molar-refractivity contribution in [2.75, 3.05) is 6.61 Å². The predicted molar refractivity (Wildman–Crippen MR) is 35.7 cm³/mol. The first kappa shape index (κ1) is 8.45. The maximum Gasteiger partial charge on any atom is 0.0625 e. The molecule has 0 aromatic carbocycles. The van der Waals surface area contributed by atoms with E-state index in [0.29, 0.717) is 6.42 Å². The summed E-state index contributed by atoms with van der Waals surface area (Å²) < 4.78 is 0. The molecule has 0 unspecified atom stereocenters. The van der Waals surface area contributed by atoms with Gasteiger partial charge in [0.15, 0.2) is 0 Å². The first-order chi connectivity index (χ1) is 4.35. The van der Waals surface area contributed by atoms with Gasteiger partial charge in [0.1, 0.15) is 0 Å². The average molecular weight is 127 g/mol.